The summed E-state index contributed by atoms with van der Waals surface area (Å²) in [6, 6.07) is 8.84. The van der Waals surface area contributed by atoms with E-state index in [0.717, 1.165) is 4.31 Å². The second kappa shape index (κ2) is 4.73. The topological polar surface area (TPSA) is 77.8 Å². The van der Waals surface area contributed by atoms with Crippen LogP contribution < -0.4 is 0 Å². The molecule has 0 spiro atoms. The van der Waals surface area contributed by atoms with E-state index in [1.165, 1.54) is 0 Å². The van der Waals surface area contributed by atoms with E-state index in [4.69, 9.17) is 0 Å². The lowest BCUT2D eigenvalue weighted by Gasteiger charge is -2.15. The Kier molecular flexibility index (Phi) is 3.48. The van der Waals surface area contributed by atoms with Gasteiger partial charge in [0.25, 0.3) is 0 Å². The molecule has 0 aromatic heterocycles. The number of sulfonamides is 1. The third kappa shape index (κ3) is 2.84. The molecule has 17 heavy (non-hydrogen) atoms. The first-order valence-electron chi connectivity index (χ1n) is 5.37. The van der Waals surface area contributed by atoms with Gasteiger partial charge in [0.1, 0.15) is 0 Å². The Balaban J connectivity index is 2.10. The van der Waals surface area contributed by atoms with Crippen LogP contribution in [0, 0.1) is 0 Å². The Bertz CT molecular complexity index is 464. The van der Waals surface area contributed by atoms with E-state index in [0.29, 0.717) is 5.56 Å². The molecule has 0 radical (unpaired) electrons. The molecule has 1 fully saturated rings. The highest BCUT2D eigenvalue weighted by molar-refractivity contribution is 7.88. The highest BCUT2D eigenvalue weighted by Gasteiger charge is 2.36. The van der Waals surface area contributed by atoms with E-state index in [2.05, 4.69) is 0 Å². The van der Waals surface area contributed by atoms with Crippen molar-refractivity contribution < 1.29 is 18.6 Å². The SMILES string of the molecule is O=S(=O)(Cc1ccccc1)N1C[C@@H](O)[C@@H](O)C1. The molecule has 6 heteroatoms. The molecule has 0 unspecified atom stereocenters. The predicted molar refractivity (Wildman–Crippen MR) is 62.7 cm³/mol. The van der Waals surface area contributed by atoms with Crippen molar-refractivity contribution in [3.63, 3.8) is 0 Å². The zero-order valence-electron chi connectivity index (χ0n) is 9.23. The average Bonchev–Trinajstić information content (AvgIpc) is 2.61. The summed E-state index contributed by atoms with van der Waals surface area (Å²) >= 11 is 0. The number of hydrogen-bond donors (Lipinski definition) is 2. The molecule has 2 rings (SSSR count). The number of rotatable bonds is 3. The molecule has 1 heterocycles. The largest absolute Gasteiger partial charge is 0.389 e. The van der Waals surface area contributed by atoms with Crippen molar-refractivity contribution in [2.45, 2.75) is 18.0 Å². The molecule has 1 saturated heterocycles. The summed E-state index contributed by atoms with van der Waals surface area (Å²) in [5.74, 6) is -0.104. The summed E-state index contributed by atoms with van der Waals surface area (Å²) in [7, 11) is -3.47. The fourth-order valence-electron chi connectivity index (χ4n) is 1.84. The lowest BCUT2D eigenvalue weighted by molar-refractivity contribution is 0.0572. The summed E-state index contributed by atoms with van der Waals surface area (Å²) in [5, 5.41) is 18.7. The standard InChI is InChI=1S/C11H15NO4S/c13-10-6-12(7-11(10)14)17(15,16)8-9-4-2-1-3-5-9/h1-5,10-11,13-14H,6-8H2/t10-,11+. The first-order valence-corrected chi connectivity index (χ1v) is 6.98. The van der Waals surface area contributed by atoms with E-state index in [1.54, 1.807) is 24.3 Å². The van der Waals surface area contributed by atoms with E-state index in [-0.39, 0.29) is 18.8 Å². The highest BCUT2D eigenvalue weighted by Crippen LogP contribution is 2.17. The van der Waals surface area contributed by atoms with Crippen molar-refractivity contribution in [2.75, 3.05) is 13.1 Å². The monoisotopic (exact) mass is 257 g/mol. The molecule has 0 saturated carbocycles. The van der Waals surface area contributed by atoms with Gasteiger partial charge in [0, 0.05) is 13.1 Å². The van der Waals surface area contributed by atoms with Gasteiger partial charge in [0.05, 0.1) is 18.0 Å². The summed E-state index contributed by atoms with van der Waals surface area (Å²) in [5.41, 5.74) is 0.698. The fraction of sp³-hybridized carbons (Fsp3) is 0.455. The van der Waals surface area contributed by atoms with Gasteiger partial charge in [-0.15, -0.1) is 0 Å². The van der Waals surface area contributed by atoms with E-state index >= 15 is 0 Å². The molecule has 94 valence electrons. The fourth-order valence-corrected chi connectivity index (χ4v) is 3.39. The van der Waals surface area contributed by atoms with Crippen molar-refractivity contribution in [3.8, 4) is 0 Å². The minimum atomic E-state index is -3.47. The van der Waals surface area contributed by atoms with Gasteiger partial charge in [-0.05, 0) is 5.56 Å². The van der Waals surface area contributed by atoms with Gasteiger partial charge in [-0.25, -0.2) is 8.42 Å². The zero-order valence-corrected chi connectivity index (χ0v) is 10.0. The minimum absolute atomic E-state index is 0.0314. The maximum Gasteiger partial charge on any atom is 0.218 e. The normalized spacial score (nSPS) is 26.2. The van der Waals surface area contributed by atoms with Gasteiger partial charge < -0.3 is 10.2 Å². The number of β-amino-alcohol motifs (C(OH)–C–C–N with tert-alkyl or cyclic N) is 2. The van der Waals surface area contributed by atoms with Gasteiger partial charge in [0.2, 0.25) is 10.0 Å². The highest BCUT2D eigenvalue weighted by atomic mass is 32.2. The molecule has 0 bridgehead atoms. The molecule has 0 amide bonds. The second-order valence-electron chi connectivity index (χ2n) is 4.19. The second-order valence-corrected chi connectivity index (χ2v) is 6.16. The zero-order chi connectivity index (χ0) is 12.5. The molecule has 5 nitrogen and oxygen atoms in total. The number of benzene rings is 1. The van der Waals surface area contributed by atoms with Crippen LogP contribution in [0.5, 0.6) is 0 Å². The van der Waals surface area contributed by atoms with Crippen molar-refractivity contribution >= 4 is 10.0 Å². The Labute approximate surface area is 100 Å². The van der Waals surface area contributed by atoms with Crippen LogP contribution in [0.3, 0.4) is 0 Å². The van der Waals surface area contributed by atoms with Crippen LogP contribution in [0.15, 0.2) is 30.3 Å². The molecular weight excluding hydrogens is 242 g/mol. The predicted octanol–water partition coefficient (Wildman–Crippen LogP) is -0.446. The summed E-state index contributed by atoms with van der Waals surface area (Å²) < 4.78 is 25.1. The number of hydrogen-bond acceptors (Lipinski definition) is 4. The van der Waals surface area contributed by atoms with Gasteiger partial charge in [-0.1, -0.05) is 30.3 Å². The van der Waals surface area contributed by atoms with Crippen LogP contribution in [-0.2, 0) is 15.8 Å². The van der Waals surface area contributed by atoms with Gasteiger partial charge >= 0.3 is 0 Å². The Hall–Kier alpha value is -0.950. The van der Waals surface area contributed by atoms with Crippen molar-refractivity contribution in [3.05, 3.63) is 35.9 Å². The molecule has 1 aromatic rings. The third-order valence-corrected chi connectivity index (χ3v) is 4.59. The van der Waals surface area contributed by atoms with Crippen molar-refractivity contribution in [2.24, 2.45) is 0 Å². The first kappa shape index (κ1) is 12.5. The molecule has 1 aromatic carbocycles. The van der Waals surface area contributed by atoms with Crippen LogP contribution in [0.1, 0.15) is 5.56 Å². The Morgan fingerprint density at radius 2 is 1.65 bits per heavy atom. The number of aliphatic hydroxyl groups excluding tert-OH is 2. The quantitative estimate of drug-likeness (QED) is 0.769. The van der Waals surface area contributed by atoms with E-state index in [9.17, 15) is 18.6 Å². The van der Waals surface area contributed by atoms with Crippen LogP contribution in [0.4, 0.5) is 0 Å². The van der Waals surface area contributed by atoms with Gasteiger partial charge in [0.15, 0.2) is 0 Å². The Morgan fingerprint density at radius 1 is 1.12 bits per heavy atom. The smallest absolute Gasteiger partial charge is 0.218 e. The van der Waals surface area contributed by atoms with E-state index < -0.39 is 22.2 Å². The Morgan fingerprint density at radius 3 is 2.18 bits per heavy atom. The molecule has 2 atom stereocenters. The van der Waals surface area contributed by atoms with Crippen molar-refractivity contribution in [1.82, 2.24) is 4.31 Å². The molecule has 0 aliphatic carbocycles. The third-order valence-electron chi connectivity index (χ3n) is 2.81. The van der Waals surface area contributed by atoms with Crippen LogP contribution in [0.2, 0.25) is 0 Å². The molecule has 2 N–H and O–H groups in total. The van der Waals surface area contributed by atoms with Crippen LogP contribution in [-0.4, -0.2) is 48.2 Å². The van der Waals surface area contributed by atoms with Gasteiger partial charge in [-0.2, -0.15) is 4.31 Å². The maximum absolute atomic E-state index is 12.0. The van der Waals surface area contributed by atoms with Crippen LogP contribution >= 0.6 is 0 Å². The lowest BCUT2D eigenvalue weighted by atomic mass is 10.2. The number of aliphatic hydroxyl groups is 2. The van der Waals surface area contributed by atoms with Crippen molar-refractivity contribution in [1.29, 1.82) is 0 Å². The molecule has 1 aliphatic heterocycles. The summed E-state index contributed by atoms with van der Waals surface area (Å²) in [6.07, 6.45) is -1.97. The molecule has 1 aliphatic rings. The van der Waals surface area contributed by atoms with E-state index in [1.807, 2.05) is 6.07 Å². The number of nitrogens with zero attached hydrogens (tertiary/aromatic N) is 1. The minimum Gasteiger partial charge on any atom is -0.389 e. The lowest BCUT2D eigenvalue weighted by Crippen LogP contribution is -2.31. The van der Waals surface area contributed by atoms with Crippen LogP contribution in [0.25, 0.3) is 0 Å². The summed E-state index contributed by atoms with van der Waals surface area (Å²) in [4.78, 5) is 0. The van der Waals surface area contributed by atoms with Gasteiger partial charge in [-0.3, -0.25) is 0 Å². The maximum atomic E-state index is 12.0. The first-order chi connectivity index (χ1) is 7.99. The average molecular weight is 257 g/mol. The summed E-state index contributed by atoms with van der Waals surface area (Å²) in [6.45, 7) is -0.0628. The molecular formula is C11H15NO4S.